The number of nitrogens with two attached hydrogens (primary N) is 1. The number of nitrogen functional groups attached to an aromatic ring is 1. The van der Waals surface area contributed by atoms with Gasteiger partial charge in [-0.3, -0.25) is 0 Å². The quantitative estimate of drug-likeness (QED) is 0.715. The van der Waals surface area contributed by atoms with Gasteiger partial charge in [0.15, 0.2) is 0 Å². The zero-order valence-corrected chi connectivity index (χ0v) is 15.3. The first kappa shape index (κ1) is 18.9. The van der Waals surface area contributed by atoms with Gasteiger partial charge in [0.25, 0.3) is 0 Å². The number of ether oxygens (including phenoxy) is 2. The summed E-state index contributed by atoms with van der Waals surface area (Å²) in [6.45, 7) is 10.3. The van der Waals surface area contributed by atoms with Crippen LogP contribution in [0.25, 0.3) is 0 Å². The van der Waals surface area contributed by atoms with Crippen LogP contribution in [0, 0.1) is 5.92 Å². The van der Waals surface area contributed by atoms with Crippen molar-refractivity contribution in [3.05, 3.63) is 17.7 Å². The molecule has 2 atom stereocenters. The molecule has 0 aliphatic carbocycles. The average Bonchev–Trinajstić information content (AvgIpc) is 2.55. The van der Waals surface area contributed by atoms with Crippen LogP contribution in [0.3, 0.4) is 0 Å². The molecule has 1 aliphatic heterocycles. The number of hydrogen-bond acceptors (Lipinski definition) is 5. The Bertz CT molecular complexity index is 522. The first-order valence-electron chi connectivity index (χ1n) is 9.17. The summed E-state index contributed by atoms with van der Waals surface area (Å²) in [6.07, 6.45) is 2.48. The number of rotatable bonds is 8. The number of benzene rings is 1. The second-order valence-electron chi connectivity index (χ2n) is 6.48. The molecule has 2 rings (SSSR count). The Hall–Kier alpha value is -1.46. The first-order chi connectivity index (χ1) is 11.6. The van der Waals surface area contributed by atoms with Crippen molar-refractivity contribution in [2.75, 3.05) is 38.6 Å². The van der Waals surface area contributed by atoms with Crippen molar-refractivity contribution >= 4 is 5.69 Å². The van der Waals surface area contributed by atoms with Crippen LogP contribution in [-0.2, 0) is 6.42 Å². The zero-order valence-electron chi connectivity index (χ0n) is 15.3. The highest BCUT2D eigenvalue weighted by atomic mass is 16.5. The Labute approximate surface area is 145 Å². The largest absolute Gasteiger partial charge is 0.493 e. The van der Waals surface area contributed by atoms with Gasteiger partial charge >= 0.3 is 0 Å². The van der Waals surface area contributed by atoms with Crippen LogP contribution in [0.2, 0.25) is 0 Å². The minimum absolute atomic E-state index is 0.210. The van der Waals surface area contributed by atoms with E-state index in [0.717, 1.165) is 50.2 Å². The molecule has 3 N–H and O–H groups in total. The Kier molecular flexibility index (Phi) is 7.18. The SMILES string of the molecule is CCCN1CCC(O)C(Cc2cc(N)c(OCC)cc2OCC)C1. The topological polar surface area (TPSA) is 68.0 Å². The van der Waals surface area contributed by atoms with E-state index in [0.29, 0.717) is 24.7 Å². The molecule has 0 amide bonds. The molecule has 1 aromatic carbocycles. The number of nitrogens with zero attached hydrogens (tertiary/aromatic N) is 1. The van der Waals surface area contributed by atoms with Gasteiger partial charge in [-0.25, -0.2) is 0 Å². The standard InChI is InChI=1S/C19H32N2O3/c1-4-8-21-9-7-17(22)15(13-21)10-14-11-16(20)19(24-6-3)12-18(14)23-5-2/h11-12,15,17,22H,4-10,13,20H2,1-3H3. The molecule has 0 aromatic heterocycles. The van der Waals surface area contributed by atoms with Crippen LogP contribution in [0.5, 0.6) is 11.5 Å². The molecule has 1 heterocycles. The van der Waals surface area contributed by atoms with Crippen LogP contribution in [-0.4, -0.2) is 49.0 Å². The summed E-state index contributed by atoms with van der Waals surface area (Å²) in [5, 5.41) is 10.4. The van der Waals surface area contributed by atoms with E-state index in [1.54, 1.807) is 0 Å². The summed E-state index contributed by atoms with van der Waals surface area (Å²) in [4.78, 5) is 2.44. The molecule has 1 saturated heterocycles. The van der Waals surface area contributed by atoms with E-state index >= 15 is 0 Å². The van der Waals surface area contributed by atoms with Gasteiger partial charge in [0.05, 0.1) is 25.0 Å². The van der Waals surface area contributed by atoms with E-state index in [1.807, 2.05) is 26.0 Å². The molecule has 2 unspecified atom stereocenters. The maximum absolute atomic E-state index is 10.4. The van der Waals surface area contributed by atoms with E-state index < -0.39 is 0 Å². The third-order valence-corrected chi connectivity index (χ3v) is 4.59. The molecule has 5 heteroatoms. The first-order valence-corrected chi connectivity index (χ1v) is 9.17. The number of hydrogen-bond donors (Lipinski definition) is 2. The van der Waals surface area contributed by atoms with Crippen molar-refractivity contribution in [2.24, 2.45) is 5.92 Å². The molecule has 5 nitrogen and oxygen atoms in total. The highest BCUT2D eigenvalue weighted by molar-refractivity contribution is 5.59. The lowest BCUT2D eigenvalue weighted by Crippen LogP contribution is -2.44. The molecular weight excluding hydrogens is 304 g/mol. The van der Waals surface area contributed by atoms with Crippen LogP contribution >= 0.6 is 0 Å². The van der Waals surface area contributed by atoms with E-state index in [2.05, 4.69) is 11.8 Å². The molecule has 0 radical (unpaired) electrons. The van der Waals surface area contributed by atoms with Gasteiger partial charge in [0, 0.05) is 25.1 Å². The van der Waals surface area contributed by atoms with Crippen molar-refractivity contribution in [3.63, 3.8) is 0 Å². The number of piperidine rings is 1. The average molecular weight is 336 g/mol. The Morgan fingerprint density at radius 2 is 1.88 bits per heavy atom. The summed E-state index contributed by atoms with van der Waals surface area (Å²) in [7, 11) is 0. The number of aliphatic hydroxyl groups is 1. The lowest BCUT2D eigenvalue weighted by atomic mass is 9.88. The van der Waals surface area contributed by atoms with Crippen LogP contribution < -0.4 is 15.2 Å². The second-order valence-corrected chi connectivity index (χ2v) is 6.48. The van der Waals surface area contributed by atoms with Crippen LogP contribution in [0.4, 0.5) is 5.69 Å². The molecule has 1 fully saturated rings. The maximum Gasteiger partial charge on any atom is 0.145 e. The summed E-state index contributed by atoms with van der Waals surface area (Å²) in [6, 6.07) is 3.83. The fraction of sp³-hybridized carbons (Fsp3) is 0.684. The maximum atomic E-state index is 10.4. The lowest BCUT2D eigenvalue weighted by molar-refractivity contribution is 0.0268. The minimum atomic E-state index is -0.264. The predicted octanol–water partition coefficient (Wildman–Crippen LogP) is 2.70. The smallest absolute Gasteiger partial charge is 0.145 e. The Morgan fingerprint density at radius 1 is 1.17 bits per heavy atom. The molecule has 136 valence electrons. The van der Waals surface area contributed by atoms with Gasteiger partial charge in [-0.2, -0.15) is 0 Å². The lowest BCUT2D eigenvalue weighted by Gasteiger charge is -2.36. The molecular formula is C19H32N2O3. The minimum Gasteiger partial charge on any atom is -0.493 e. The van der Waals surface area contributed by atoms with Gasteiger partial charge < -0.3 is 25.2 Å². The molecule has 1 aromatic rings. The van der Waals surface area contributed by atoms with E-state index in [9.17, 15) is 5.11 Å². The molecule has 1 aliphatic rings. The van der Waals surface area contributed by atoms with Crippen LogP contribution in [0.1, 0.15) is 39.2 Å². The fourth-order valence-corrected chi connectivity index (χ4v) is 3.45. The molecule has 24 heavy (non-hydrogen) atoms. The van der Waals surface area contributed by atoms with Crippen LogP contribution in [0.15, 0.2) is 12.1 Å². The Morgan fingerprint density at radius 3 is 2.54 bits per heavy atom. The number of anilines is 1. The predicted molar refractivity (Wildman–Crippen MR) is 97.7 cm³/mol. The Balaban J connectivity index is 2.18. The van der Waals surface area contributed by atoms with Crippen molar-refractivity contribution in [1.82, 2.24) is 4.90 Å². The van der Waals surface area contributed by atoms with Gasteiger partial charge in [-0.15, -0.1) is 0 Å². The van der Waals surface area contributed by atoms with Crippen molar-refractivity contribution in [2.45, 2.75) is 46.1 Å². The van der Waals surface area contributed by atoms with Crippen molar-refractivity contribution in [1.29, 1.82) is 0 Å². The van der Waals surface area contributed by atoms with Gasteiger partial charge in [-0.1, -0.05) is 6.92 Å². The van der Waals surface area contributed by atoms with E-state index in [4.69, 9.17) is 15.2 Å². The fourth-order valence-electron chi connectivity index (χ4n) is 3.45. The third-order valence-electron chi connectivity index (χ3n) is 4.59. The summed E-state index contributed by atoms with van der Waals surface area (Å²) >= 11 is 0. The number of aliphatic hydroxyl groups excluding tert-OH is 1. The van der Waals surface area contributed by atoms with Gasteiger partial charge in [0.2, 0.25) is 0 Å². The summed E-state index contributed by atoms with van der Waals surface area (Å²) < 4.78 is 11.4. The normalized spacial score (nSPS) is 21.7. The highest BCUT2D eigenvalue weighted by Crippen LogP contribution is 2.34. The van der Waals surface area contributed by atoms with Crippen molar-refractivity contribution in [3.8, 4) is 11.5 Å². The van der Waals surface area contributed by atoms with Gasteiger partial charge in [0.1, 0.15) is 11.5 Å². The molecule has 0 spiro atoms. The van der Waals surface area contributed by atoms with E-state index in [-0.39, 0.29) is 12.0 Å². The number of likely N-dealkylation sites (tertiary alicyclic amines) is 1. The van der Waals surface area contributed by atoms with Crippen molar-refractivity contribution < 1.29 is 14.6 Å². The third kappa shape index (κ3) is 4.77. The molecule has 0 bridgehead atoms. The summed E-state index contributed by atoms with van der Waals surface area (Å²) in [5.74, 6) is 1.69. The monoisotopic (exact) mass is 336 g/mol. The highest BCUT2D eigenvalue weighted by Gasteiger charge is 2.28. The summed E-state index contributed by atoms with van der Waals surface area (Å²) in [5.41, 5.74) is 7.82. The van der Waals surface area contributed by atoms with E-state index in [1.165, 1.54) is 0 Å². The van der Waals surface area contributed by atoms with Gasteiger partial charge in [-0.05, 0) is 51.3 Å². The second kappa shape index (κ2) is 9.14. The molecule has 0 saturated carbocycles. The zero-order chi connectivity index (χ0) is 17.5.